The molecule has 2 heterocycles. The SMILES string of the molecule is COc1ccc(C2CNCCO2)cn1. The number of methoxy groups -OCH3 is 1. The molecule has 0 saturated carbocycles. The Hall–Kier alpha value is -1.13. The molecule has 14 heavy (non-hydrogen) atoms. The number of pyridine rings is 1. The fraction of sp³-hybridized carbons (Fsp3) is 0.500. The molecule has 0 spiro atoms. The van der Waals surface area contributed by atoms with Crippen LogP contribution in [0, 0.1) is 0 Å². The van der Waals surface area contributed by atoms with Gasteiger partial charge in [-0.05, 0) is 6.07 Å². The van der Waals surface area contributed by atoms with Gasteiger partial charge < -0.3 is 14.8 Å². The minimum atomic E-state index is 0.127. The van der Waals surface area contributed by atoms with Gasteiger partial charge in [0, 0.05) is 30.9 Å². The Balaban J connectivity index is 2.07. The summed E-state index contributed by atoms with van der Waals surface area (Å²) >= 11 is 0. The first-order valence-electron chi connectivity index (χ1n) is 4.72. The highest BCUT2D eigenvalue weighted by Crippen LogP contribution is 2.19. The maximum absolute atomic E-state index is 5.59. The molecule has 1 saturated heterocycles. The maximum atomic E-state index is 5.59. The maximum Gasteiger partial charge on any atom is 0.212 e. The van der Waals surface area contributed by atoms with Gasteiger partial charge in [-0.2, -0.15) is 0 Å². The molecule has 1 aliphatic rings. The van der Waals surface area contributed by atoms with Gasteiger partial charge in [0.05, 0.1) is 19.8 Å². The Kier molecular flexibility index (Phi) is 2.96. The summed E-state index contributed by atoms with van der Waals surface area (Å²) in [6.45, 7) is 2.55. The van der Waals surface area contributed by atoms with E-state index in [1.165, 1.54) is 0 Å². The molecular weight excluding hydrogens is 180 g/mol. The molecule has 0 bridgehead atoms. The molecule has 1 unspecified atom stereocenters. The molecular formula is C10H14N2O2. The number of nitrogens with one attached hydrogen (secondary N) is 1. The predicted octanol–water partition coefficient (Wildman–Crippen LogP) is 0.751. The minimum Gasteiger partial charge on any atom is -0.481 e. The van der Waals surface area contributed by atoms with Crippen LogP contribution >= 0.6 is 0 Å². The van der Waals surface area contributed by atoms with Crippen LogP contribution < -0.4 is 10.1 Å². The number of morpholine rings is 1. The second-order valence-corrected chi connectivity index (χ2v) is 3.20. The van der Waals surface area contributed by atoms with Crippen LogP contribution in [0.5, 0.6) is 5.88 Å². The van der Waals surface area contributed by atoms with Crippen LogP contribution in [-0.2, 0) is 4.74 Å². The summed E-state index contributed by atoms with van der Waals surface area (Å²) < 4.78 is 10.6. The van der Waals surface area contributed by atoms with Crippen LogP contribution in [0.1, 0.15) is 11.7 Å². The quantitative estimate of drug-likeness (QED) is 0.754. The van der Waals surface area contributed by atoms with E-state index in [2.05, 4.69) is 10.3 Å². The van der Waals surface area contributed by atoms with E-state index >= 15 is 0 Å². The fourth-order valence-electron chi connectivity index (χ4n) is 1.48. The lowest BCUT2D eigenvalue weighted by Crippen LogP contribution is -2.33. The number of aromatic nitrogens is 1. The van der Waals surface area contributed by atoms with Crippen LogP contribution in [0.2, 0.25) is 0 Å². The molecule has 1 atom stereocenters. The van der Waals surface area contributed by atoms with Crippen molar-refractivity contribution in [1.82, 2.24) is 10.3 Å². The van der Waals surface area contributed by atoms with Gasteiger partial charge in [0.1, 0.15) is 0 Å². The highest BCUT2D eigenvalue weighted by atomic mass is 16.5. The van der Waals surface area contributed by atoms with E-state index < -0.39 is 0 Å². The Morgan fingerprint density at radius 3 is 3.07 bits per heavy atom. The molecule has 1 aromatic rings. The van der Waals surface area contributed by atoms with E-state index in [4.69, 9.17) is 9.47 Å². The lowest BCUT2D eigenvalue weighted by Gasteiger charge is -2.23. The van der Waals surface area contributed by atoms with E-state index in [0.29, 0.717) is 5.88 Å². The molecule has 0 aliphatic carbocycles. The molecule has 0 aromatic carbocycles. The second-order valence-electron chi connectivity index (χ2n) is 3.20. The number of hydrogen-bond acceptors (Lipinski definition) is 4. The third-order valence-electron chi connectivity index (χ3n) is 2.27. The van der Waals surface area contributed by atoms with Crippen molar-refractivity contribution >= 4 is 0 Å². The van der Waals surface area contributed by atoms with Crippen LogP contribution in [0.15, 0.2) is 18.3 Å². The molecule has 2 rings (SSSR count). The number of nitrogens with zero attached hydrogens (tertiary/aromatic N) is 1. The van der Waals surface area contributed by atoms with Gasteiger partial charge in [-0.3, -0.25) is 0 Å². The molecule has 0 amide bonds. The Labute approximate surface area is 83.2 Å². The van der Waals surface area contributed by atoms with Gasteiger partial charge in [-0.15, -0.1) is 0 Å². The summed E-state index contributed by atoms with van der Waals surface area (Å²) in [5.74, 6) is 0.637. The van der Waals surface area contributed by atoms with Crippen LogP contribution in [-0.4, -0.2) is 31.8 Å². The number of hydrogen-bond donors (Lipinski definition) is 1. The van der Waals surface area contributed by atoms with Crippen molar-refractivity contribution in [3.05, 3.63) is 23.9 Å². The van der Waals surface area contributed by atoms with Gasteiger partial charge in [-0.25, -0.2) is 4.98 Å². The Morgan fingerprint density at radius 2 is 2.50 bits per heavy atom. The first-order chi connectivity index (χ1) is 6.90. The summed E-state index contributed by atoms with van der Waals surface area (Å²) in [4.78, 5) is 4.14. The van der Waals surface area contributed by atoms with Gasteiger partial charge in [0.15, 0.2) is 0 Å². The first-order valence-corrected chi connectivity index (χ1v) is 4.72. The third kappa shape index (κ3) is 2.02. The zero-order valence-corrected chi connectivity index (χ0v) is 8.19. The molecule has 1 N–H and O–H groups in total. The van der Waals surface area contributed by atoms with Crippen molar-refractivity contribution in [3.63, 3.8) is 0 Å². The standard InChI is InChI=1S/C10H14N2O2/c1-13-10-3-2-8(6-12-10)9-7-11-4-5-14-9/h2-3,6,9,11H,4-5,7H2,1H3. The number of rotatable bonds is 2. The van der Waals surface area contributed by atoms with E-state index in [-0.39, 0.29) is 6.10 Å². The van der Waals surface area contributed by atoms with Gasteiger partial charge in [0.25, 0.3) is 0 Å². The third-order valence-corrected chi connectivity index (χ3v) is 2.27. The molecule has 4 nitrogen and oxygen atoms in total. The average Bonchev–Trinajstić information content (AvgIpc) is 2.30. The second kappa shape index (κ2) is 4.39. The van der Waals surface area contributed by atoms with Crippen LogP contribution in [0.4, 0.5) is 0 Å². The summed E-state index contributed by atoms with van der Waals surface area (Å²) in [5, 5.41) is 3.28. The van der Waals surface area contributed by atoms with Gasteiger partial charge in [0.2, 0.25) is 5.88 Å². The van der Waals surface area contributed by atoms with E-state index in [9.17, 15) is 0 Å². The molecule has 0 radical (unpaired) electrons. The zero-order chi connectivity index (χ0) is 9.80. The Bertz CT molecular complexity index is 281. The van der Waals surface area contributed by atoms with Gasteiger partial charge >= 0.3 is 0 Å². The monoisotopic (exact) mass is 194 g/mol. The smallest absolute Gasteiger partial charge is 0.212 e. The van der Waals surface area contributed by atoms with Crippen molar-refractivity contribution < 1.29 is 9.47 Å². The topological polar surface area (TPSA) is 43.4 Å². The molecule has 1 aliphatic heterocycles. The summed E-state index contributed by atoms with van der Waals surface area (Å²) in [7, 11) is 1.61. The van der Waals surface area contributed by atoms with Crippen molar-refractivity contribution in [2.75, 3.05) is 26.8 Å². The lowest BCUT2D eigenvalue weighted by atomic mass is 10.1. The highest BCUT2D eigenvalue weighted by molar-refractivity contribution is 5.20. The summed E-state index contributed by atoms with van der Waals surface area (Å²) in [5.41, 5.74) is 1.10. The zero-order valence-electron chi connectivity index (χ0n) is 8.19. The molecule has 1 aromatic heterocycles. The van der Waals surface area contributed by atoms with Crippen molar-refractivity contribution in [3.8, 4) is 5.88 Å². The fourth-order valence-corrected chi connectivity index (χ4v) is 1.48. The minimum absolute atomic E-state index is 0.127. The average molecular weight is 194 g/mol. The van der Waals surface area contributed by atoms with E-state index in [0.717, 1.165) is 25.3 Å². The summed E-state index contributed by atoms with van der Waals surface area (Å²) in [6.07, 6.45) is 1.93. The lowest BCUT2D eigenvalue weighted by molar-refractivity contribution is 0.0274. The van der Waals surface area contributed by atoms with E-state index in [1.54, 1.807) is 13.3 Å². The first kappa shape index (κ1) is 9.43. The normalized spacial score (nSPS) is 21.9. The van der Waals surface area contributed by atoms with Crippen molar-refractivity contribution in [1.29, 1.82) is 0 Å². The van der Waals surface area contributed by atoms with E-state index in [1.807, 2.05) is 12.1 Å². The molecule has 76 valence electrons. The molecule has 4 heteroatoms. The highest BCUT2D eigenvalue weighted by Gasteiger charge is 2.15. The largest absolute Gasteiger partial charge is 0.481 e. The van der Waals surface area contributed by atoms with Gasteiger partial charge in [-0.1, -0.05) is 0 Å². The van der Waals surface area contributed by atoms with Crippen molar-refractivity contribution in [2.24, 2.45) is 0 Å². The summed E-state index contributed by atoms with van der Waals surface area (Å²) in [6, 6.07) is 3.84. The molecule has 1 fully saturated rings. The number of ether oxygens (including phenoxy) is 2. The van der Waals surface area contributed by atoms with Crippen LogP contribution in [0.25, 0.3) is 0 Å². The predicted molar refractivity (Wildman–Crippen MR) is 52.4 cm³/mol. The Morgan fingerprint density at radius 1 is 1.57 bits per heavy atom. The van der Waals surface area contributed by atoms with Crippen molar-refractivity contribution in [2.45, 2.75) is 6.10 Å². The van der Waals surface area contributed by atoms with Crippen LogP contribution in [0.3, 0.4) is 0 Å².